The summed E-state index contributed by atoms with van der Waals surface area (Å²) in [6.07, 6.45) is 1.70. The third kappa shape index (κ3) is 5.79. The third-order valence-electron chi connectivity index (χ3n) is 6.57. The molecule has 5 rings (SSSR count). The first kappa shape index (κ1) is 24.9. The number of fused-ring (bicyclic) bond motifs is 1. The van der Waals surface area contributed by atoms with Crippen molar-refractivity contribution in [3.05, 3.63) is 94.0 Å². The Morgan fingerprint density at radius 1 is 1.03 bits per heavy atom. The lowest BCUT2D eigenvalue weighted by molar-refractivity contribution is 0.0376. The van der Waals surface area contributed by atoms with Crippen LogP contribution in [0.25, 0.3) is 10.2 Å². The lowest BCUT2D eigenvalue weighted by atomic mass is 10.0. The van der Waals surface area contributed by atoms with Gasteiger partial charge in [0.1, 0.15) is 0 Å². The second kappa shape index (κ2) is 11.5. The van der Waals surface area contributed by atoms with E-state index in [1.165, 1.54) is 22.5 Å². The molecule has 0 spiro atoms. The quantitative estimate of drug-likeness (QED) is 0.277. The van der Waals surface area contributed by atoms with Gasteiger partial charge in [-0.1, -0.05) is 71.5 Å². The Hall–Kier alpha value is -2.77. The number of benzene rings is 3. The summed E-state index contributed by atoms with van der Waals surface area (Å²) in [5, 5.41) is 1.37. The van der Waals surface area contributed by atoms with E-state index in [0.29, 0.717) is 22.3 Å². The molecule has 1 aliphatic heterocycles. The second-order valence-electron chi connectivity index (χ2n) is 9.16. The van der Waals surface area contributed by atoms with Gasteiger partial charge in [-0.2, -0.15) is 0 Å². The van der Waals surface area contributed by atoms with Gasteiger partial charge in [-0.25, -0.2) is 4.98 Å². The van der Waals surface area contributed by atoms with E-state index in [2.05, 4.69) is 17.0 Å². The van der Waals surface area contributed by atoms with Crippen molar-refractivity contribution in [2.45, 2.75) is 19.8 Å². The Bertz CT molecular complexity index is 1280. The minimum Gasteiger partial charge on any atom is -0.379 e. The van der Waals surface area contributed by atoms with Crippen molar-refractivity contribution < 1.29 is 9.53 Å². The molecule has 0 unspecified atom stereocenters. The number of aryl methyl sites for hydroxylation is 1. The largest absolute Gasteiger partial charge is 0.379 e. The van der Waals surface area contributed by atoms with Crippen LogP contribution in [-0.4, -0.2) is 55.2 Å². The smallest absolute Gasteiger partial charge is 0.260 e. The molecular weight excluding hydrogens is 490 g/mol. The van der Waals surface area contributed by atoms with Crippen molar-refractivity contribution in [3.8, 4) is 0 Å². The summed E-state index contributed by atoms with van der Waals surface area (Å²) in [7, 11) is 0. The Balaban J connectivity index is 1.37. The second-order valence-corrected chi connectivity index (χ2v) is 10.5. The lowest BCUT2D eigenvalue weighted by Gasteiger charge is -2.27. The number of hydrogen-bond acceptors (Lipinski definition) is 5. The molecule has 1 amide bonds. The van der Waals surface area contributed by atoms with Crippen LogP contribution in [0.15, 0.2) is 66.7 Å². The zero-order valence-corrected chi connectivity index (χ0v) is 22.0. The number of rotatable bonds is 8. The number of aromatic nitrogens is 1. The fraction of sp³-hybridized carbons (Fsp3) is 0.310. The van der Waals surface area contributed by atoms with Crippen molar-refractivity contribution in [1.29, 1.82) is 0 Å². The van der Waals surface area contributed by atoms with Crippen LogP contribution in [-0.2, 0) is 11.2 Å². The first-order valence-corrected chi connectivity index (χ1v) is 13.6. The molecular formula is C29H30ClN3O2S. The molecule has 2 heterocycles. The molecule has 0 atom stereocenters. The van der Waals surface area contributed by atoms with Crippen molar-refractivity contribution in [2.75, 3.05) is 44.3 Å². The molecule has 7 heteroatoms. The molecule has 0 bridgehead atoms. The normalized spacial score (nSPS) is 14.3. The number of halogens is 1. The highest BCUT2D eigenvalue weighted by Crippen LogP contribution is 2.36. The van der Waals surface area contributed by atoms with Crippen LogP contribution in [0.1, 0.15) is 33.5 Å². The van der Waals surface area contributed by atoms with Crippen LogP contribution in [0, 0.1) is 6.92 Å². The van der Waals surface area contributed by atoms with Gasteiger partial charge in [0.25, 0.3) is 5.91 Å². The molecule has 0 N–H and O–H groups in total. The van der Waals surface area contributed by atoms with E-state index in [-0.39, 0.29) is 5.91 Å². The number of anilines is 1. The summed E-state index contributed by atoms with van der Waals surface area (Å²) in [4.78, 5) is 22.9. The number of carbonyl (C=O) groups is 1. The lowest BCUT2D eigenvalue weighted by Crippen LogP contribution is -2.39. The van der Waals surface area contributed by atoms with Crippen molar-refractivity contribution in [3.63, 3.8) is 0 Å². The highest BCUT2D eigenvalue weighted by atomic mass is 35.5. The first-order valence-electron chi connectivity index (χ1n) is 12.4. The molecule has 0 radical (unpaired) electrons. The van der Waals surface area contributed by atoms with Crippen LogP contribution in [0.4, 0.5) is 5.13 Å². The maximum absolute atomic E-state index is 13.8. The number of morpholine rings is 1. The Morgan fingerprint density at radius 3 is 2.47 bits per heavy atom. The predicted octanol–water partition coefficient (Wildman–Crippen LogP) is 6.22. The molecule has 1 fully saturated rings. The summed E-state index contributed by atoms with van der Waals surface area (Å²) in [6, 6.07) is 22.2. The van der Waals surface area contributed by atoms with Crippen molar-refractivity contribution >= 4 is 44.2 Å². The Labute approximate surface area is 221 Å². The van der Waals surface area contributed by atoms with E-state index < -0.39 is 0 Å². The maximum Gasteiger partial charge on any atom is 0.260 e. The van der Waals surface area contributed by atoms with E-state index in [9.17, 15) is 4.79 Å². The van der Waals surface area contributed by atoms with E-state index in [1.807, 2.05) is 66.4 Å². The number of nitrogens with zero attached hydrogens (tertiary/aromatic N) is 3. The summed E-state index contributed by atoms with van der Waals surface area (Å²) in [5.41, 5.74) is 5.02. The van der Waals surface area contributed by atoms with Crippen molar-refractivity contribution in [2.24, 2.45) is 0 Å². The summed E-state index contributed by atoms with van der Waals surface area (Å²) in [6.45, 7) is 6.96. The number of amides is 1. The number of thiazole rings is 1. The molecule has 5 nitrogen and oxygen atoms in total. The van der Waals surface area contributed by atoms with E-state index in [0.717, 1.165) is 61.5 Å². The molecule has 1 saturated heterocycles. The average Bonchev–Trinajstić information content (AvgIpc) is 3.37. The molecule has 1 aliphatic rings. The molecule has 1 aromatic heterocycles. The fourth-order valence-electron chi connectivity index (χ4n) is 4.52. The third-order valence-corrected chi connectivity index (χ3v) is 8.11. The van der Waals surface area contributed by atoms with Crippen LogP contribution in [0.2, 0.25) is 5.02 Å². The zero-order chi connectivity index (χ0) is 24.9. The fourth-order valence-corrected chi connectivity index (χ4v) is 5.86. The molecule has 0 saturated carbocycles. The van der Waals surface area contributed by atoms with E-state index >= 15 is 0 Å². The van der Waals surface area contributed by atoms with Crippen LogP contribution >= 0.6 is 22.9 Å². The molecule has 4 aromatic rings. The van der Waals surface area contributed by atoms with Crippen LogP contribution < -0.4 is 4.90 Å². The van der Waals surface area contributed by atoms with Crippen LogP contribution in [0.3, 0.4) is 0 Å². The molecule has 3 aromatic carbocycles. The standard InChI is InChI=1S/C29H30ClN3O2S/c1-21-8-13-25(30)27-26(21)31-29(36-27)33(15-5-14-32-16-18-35-19-17-32)28(34)24-11-9-23(10-12-24)20-22-6-3-2-4-7-22/h2-4,6-13H,5,14-20H2,1H3. The monoisotopic (exact) mass is 519 g/mol. The van der Waals surface area contributed by atoms with Gasteiger partial charge in [-0.15, -0.1) is 0 Å². The van der Waals surface area contributed by atoms with Gasteiger partial charge in [-0.3, -0.25) is 14.6 Å². The maximum atomic E-state index is 13.8. The number of hydrogen-bond donors (Lipinski definition) is 0. The molecule has 186 valence electrons. The minimum atomic E-state index is -0.0314. The van der Waals surface area contributed by atoms with E-state index in [1.54, 1.807) is 0 Å². The van der Waals surface area contributed by atoms with Gasteiger partial charge in [0, 0.05) is 31.7 Å². The van der Waals surface area contributed by atoms with Gasteiger partial charge in [-0.05, 0) is 54.7 Å². The van der Waals surface area contributed by atoms with Gasteiger partial charge < -0.3 is 4.74 Å². The SMILES string of the molecule is Cc1ccc(Cl)c2sc(N(CCCN3CCOCC3)C(=O)c3ccc(Cc4ccccc4)cc3)nc12. The van der Waals surface area contributed by atoms with Gasteiger partial charge in [0.15, 0.2) is 5.13 Å². The molecule has 36 heavy (non-hydrogen) atoms. The summed E-state index contributed by atoms with van der Waals surface area (Å²) < 4.78 is 6.40. The highest BCUT2D eigenvalue weighted by Gasteiger charge is 2.23. The van der Waals surface area contributed by atoms with Gasteiger partial charge >= 0.3 is 0 Å². The van der Waals surface area contributed by atoms with Crippen LogP contribution in [0.5, 0.6) is 0 Å². The Kier molecular flexibility index (Phi) is 7.97. The van der Waals surface area contributed by atoms with Gasteiger partial charge in [0.2, 0.25) is 0 Å². The topological polar surface area (TPSA) is 45.7 Å². The van der Waals surface area contributed by atoms with Gasteiger partial charge in [0.05, 0.1) is 28.5 Å². The summed E-state index contributed by atoms with van der Waals surface area (Å²) in [5.74, 6) is -0.0314. The predicted molar refractivity (Wildman–Crippen MR) is 149 cm³/mol. The highest BCUT2D eigenvalue weighted by molar-refractivity contribution is 7.23. The zero-order valence-electron chi connectivity index (χ0n) is 20.5. The minimum absolute atomic E-state index is 0.0314. The molecule has 0 aliphatic carbocycles. The summed E-state index contributed by atoms with van der Waals surface area (Å²) >= 11 is 7.97. The first-order chi connectivity index (χ1) is 17.6. The number of carbonyl (C=O) groups excluding carboxylic acids is 1. The Morgan fingerprint density at radius 2 is 1.75 bits per heavy atom. The van der Waals surface area contributed by atoms with E-state index in [4.69, 9.17) is 21.3 Å². The van der Waals surface area contributed by atoms with Crippen molar-refractivity contribution in [1.82, 2.24) is 9.88 Å². The number of ether oxygens (including phenoxy) is 1. The average molecular weight is 520 g/mol.